The molecule has 2 N–H and O–H groups in total. The number of rotatable bonds is 3. The molecule has 0 aliphatic rings. The quantitative estimate of drug-likeness (QED) is 0.833. The Balaban J connectivity index is 2.24. The predicted octanol–water partition coefficient (Wildman–Crippen LogP) is 2.53. The van der Waals surface area contributed by atoms with Crippen molar-refractivity contribution in [2.45, 2.75) is 13.0 Å². The monoisotopic (exact) mass is 260 g/mol. The molecule has 1 aromatic carbocycles. The molecule has 1 unspecified atom stereocenters. The van der Waals surface area contributed by atoms with E-state index in [1.807, 2.05) is 0 Å². The van der Waals surface area contributed by atoms with Crippen LogP contribution in [0.3, 0.4) is 0 Å². The molecule has 2 rings (SSSR count). The van der Waals surface area contributed by atoms with Gasteiger partial charge in [0.25, 0.3) is 5.91 Å². The number of para-hydroxylation sites is 1. The highest BCUT2D eigenvalue weighted by Gasteiger charge is 2.12. The van der Waals surface area contributed by atoms with Gasteiger partial charge in [-0.3, -0.25) is 4.79 Å². The van der Waals surface area contributed by atoms with Gasteiger partial charge in [0.05, 0.1) is 6.10 Å². The summed E-state index contributed by atoms with van der Waals surface area (Å²) in [6.07, 6.45) is -0.711. The van der Waals surface area contributed by atoms with Crippen LogP contribution in [0.5, 0.6) is 0 Å². The van der Waals surface area contributed by atoms with E-state index in [1.165, 1.54) is 18.2 Å². The van der Waals surface area contributed by atoms with Crippen LogP contribution in [0.2, 0.25) is 0 Å². The molecule has 1 amide bonds. The molecule has 0 saturated heterocycles. The Bertz CT molecular complexity index is 600. The summed E-state index contributed by atoms with van der Waals surface area (Å²) in [6, 6.07) is 10.9. The van der Waals surface area contributed by atoms with Crippen molar-refractivity contribution in [3.63, 3.8) is 0 Å². The van der Waals surface area contributed by atoms with Crippen molar-refractivity contribution in [3.05, 3.63) is 59.7 Å². The highest BCUT2D eigenvalue weighted by molar-refractivity contribution is 6.03. The lowest BCUT2D eigenvalue weighted by Gasteiger charge is -2.12. The summed E-state index contributed by atoms with van der Waals surface area (Å²) in [5.41, 5.74) is 1.06. The molecule has 1 heterocycles. The third kappa shape index (κ3) is 3.14. The van der Waals surface area contributed by atoms with E-state index in [-0.39, 0.29) is 5.69 Å². The Labute approximate surface area is 109 Å². The van der Waals surface area contributed by atoms with Gasteiger partial charge in [0.15, 0.2) is 0 Å². The molecule has 98 valence electrons. The maximum absolute atomic E-state index is 12.9. The predicted molar refractivity (Wildman–Crippen MR) is 69.2 cm³/mol. The highest BCUT2D eigenvalue weighted by Crippen LogP contribution is 2.22. The van der Waals surface area contributed by atoms with Gasteiger partial charge in [0.2, 0.25) is 5.95 Å². The summed E-state index contributed by atoms with van der Waals surface area (Å²) < 4.78 is 12.9. The van der Waals surface area contributed by atoms with Gasteiger partial charge >= 0.3 is 0 Å². The number of aromatic nitrogens is 1. The molecule has 19 heavy (non-hydrogen) atoms. The first-order valence-corrected chi connectivity index (χ1v) is 5.79. The van der Waals surface area contributed by atoms with Gasteiger partial charge in [-0.25, -0.2) is 4.98 Å². The van der Waals surface area contributed by atoms with Crippen molar-refractivity contribution < 1.29 is 14.3 Å². The fraction of sp³-hybridized carbons (Fsp3) is 0.143. The number of hydrogen-bond donors (Lipinski definition) is 2. The molecule has 4 nitrogen and oxygen atoms in total. The zero-order valence-electron chi connectivity index (χ0n) is 10.3. The fourth-order valence-corrected chi connectivity index (χ4v) is 1.70. The van der Waals surface area contributed by atoms with E-state index >= 15 is 0 Å². The van der Waals surface area contributed by atoms with Gasteiger partial charge < -0.3 is 10.4 Å². The van der Waals surface area contributed by atoms with Crippen LogP contribution in [-0.2, 0) is 0 Å². The molecule has 0 saturated carbocycles. The lowest BCUT2D eigenvalue weighted by molar-refractivity contribution is 0.102. The standard InChI is InChI=1S/C14H13FN2O2/c1-9(18)10-5-2-3-6-11(10)17-14(19)12-7-4-8-13(15)16-12/h2-9,18H,1H3,(H,17,19). The smallest absolute Gasteiger partial charge is 0.274 e. The van der Waals surface area contributed by atoms with E-state index in [2.05, 4.69) is 10.3 Å². The van der Waals surface area contributed by atoms with Gasteiger partial charge in [-0.15, -0.1) is 0 Å². The van der Waals surface area contributed by atoms with Crippen molar-refractivity contribution in [1.82, 2.24) is 4.98 Å². The fourth-order valence-electron chi connectivity index (χ4n) is 1.70. The van der Waals surface area contributed by atoms with E-state index in [0.717, 1.165) is 0 Å². The molecule has 0 aliphatic carbocycles. The summed E-state index contributed by atoms with van der Waals surface area (Å²) in [5.74, 6) is -1.23. The van der Waals surface area contributed by atoms with Crippen LogP contribution >= 0.6 is 0 Å². The number of amides is 1. The molecule has 1 aromatic heterocycles. The van der Waals surface area contributed by atoms with Gasteiger partial charge in [-0.05, 0) is 25.1 Å². The number of halogens is 1. The minimum Gasteiger partial charge on any atom is -0.389 e. The summed E-state index contributed by atoms with van der Waals surface area (Å²) in [4.78, 5) is 15.4. The first-order chi connectivity index (χ1) is 9.08. The maximum atomic E-state index is 12.9. The number of carbonyl (C=O) groups excluding carboxylic acids is 1. The molecule has 0 aliphatic heterocycles. The molecule has 2 aromatic rings. The van der Waals surface area contributed by atoms with Crippen LogP contribution in [0, 0.1) is 5.95 Å². The molecule has 5 heteroatoms. The zero-order valence-corrected chi connectivity index (χ0v) is 10.3. The van der Waals surface area contributed by atoms with Crippen LogP contribution in [-0.4, -0.2) is 16.0 Å². The number of aliphatic hydroxyl groups excluding tert-OH is 1. The largest absolute Gasteiger partial charge is 0.389 e. The van der Waals surface area contributed by atoms with Gasteiger partial charge in [-0.2, -0.15) is 4.39 Å². The zero-order chi connectivity index (χ0) is 13.8. The number of benzene rings is 1. The van der Waals surface area contributed by atoms with Crippen molar-refractivity contribution in [2.24, 2.45) is 0 Å². The number of nitrogens with zero attached hydrogens (tertiary/aromatic N) is 1. The minimum atomic E-state index is -0.712. The molecule has 1 atom stereocenters. The van der Waals surface area contributed by atoms with Crippen molar-refractivity contribution >= 4 is 11.6 Å². The van der Waals surface area contributed by atoms with Crippen LogP contribution in [0.25, 0.3) is 0 Å². The molecule has 0 bridgehead atoms. The lowest BCUT2D eigenvalue weighted by Crippen LogP contribution is -2.15. The number of pyridine rings is 1. The summed E-state index contributed by atoms with van der Waals surface area (Å²) in [6.45, 7) is 1.60. The van der Waals surface area contributed by atoms with Crippen LogP contribution in [0.1, 0.15) is 29.1 Å². The van der Waals surface area contributed by atoms with Crippen LogP contribution in [0.15, 0.2) is 42.5 Å². The highest BCUT2D eigenvalue weighted by atomic mass is 19.1. The second-order valence-electron chi connectivity index (χ2n) is 4.06. The molecule has 0 spiro atoms. The van der Waals surface area contributed by atoms with Gasteiger partial charge in [0, 0.05) is 11.3 Å². The number of nitrogens with one attached hydrogen (secondary N) is 1. The molecular formula is C14H13FN2O2. The van der Waals surface area contributed by atoms with Crippen molar-refractivity contribution in [3.8, 4) is 0 Å². The normalized spacial score (nSPS) is 11.9. The SMILES string of the molecule is CC(O)c1ccccc1NC(=O)c1cccc(F)n1. The molecular weight excluding hydrogens is 247 g/mol. The Kier molecular flexibility index (Phi) is 3.87. The second kappa shape index (κ2) is 5.58. The Morgan fingerprint density at radius 1 is 1.26 bits per heavy atom. The molecule has 0 radical (unpaired) electrons. The summed E-state index contributed by atoms with van der Waals surface area (Å²) >= 11 is 0. The van der Waals surface area contributed by atoms with E-state index in [0.29, 0.717) is 11.3 Å². The van der Waals surface area contributed by atoms with Gasteiger partial charge in [0.1, 0.15) is 5.69 Å². The van der Waals surface area contributed by atoms with Crippen LogP contribution in [0.4, 0.5) is 10.1 Å². The van der Waals surface area contributed by atoms with E-state index in [9.17, 15) is 14.3 Å². The number of carbonyl (C=O) groups is 1. The summed E-state index contributed by atoms with van der Waals surface area (Å²) in [5, 5.41) is 12.2. The summed E-state index contributed by atoms with van der Waals surface area (Å²) in [7, 11) is 0. The number of anilines is 1. The Morgan fingerprint density at radius 2 is 2.00 bits per heavy atom. The topological polar surface area (TPSA) is 62.2 Å². The first kappa shape index (κ1) is 13.2. The minimum absolute atomic E-state index is 0.0135. The third-order valence-electron chi connectivity index (χ3n) is 2.61. The maximum Gasteiger partial charge on any atom is 0.274 e. The van der Waals surface area contributed by atoms with Crippen molar-refractivity contribution in [2.75, 3.05) is 5.32 Å². The Hall–Kier alpha value is -2.27. The molecule has 0 fully saturated rings. The average Bonchev–Trinajstić information content (AvgIpc) is 2.39. The Morgan fingerprint density at radius 3 is 2.68 bits per heavy atom. The van der Waals surface area contributed by atoms with E-state index in [4.69, 9.17) is 0 Å². The van der Waals surface area contributed by atoms with Crippen LogP contribution < -0.4 is 5.32 Å². The van der Waals surface area contributed by atoms with E-state index < -0.39 is 18.0 Å². The first-order valence-electron chi connectivity index (χ1n) is 5.79. The average molecular weight is 260 g/mol. The number of hydrogen-bond acceptors (Lipinski definition) is 3. The number of aliphatic hydroxyl groups is 1. The van der Waals surface area contributed by atoms with Gasteiger partial charge in [-0.1, -0.05) is 24.3 Å². The third-order valence-corrected chi connectivity index (χ3v) is 2.61. The van der Waals surface area contributed by atoms with Crippen molar-refractivity contribution in [1.29, 1.82) is 0 Å². The van der Waals surface area contributed by atoms with E-state index in [1.54, 1.807) is 31.2 Å². The second-order valence-corrected chi connectivity index (χ2v) is 4.06. The lowest BCUT2D eigenvalue weighted by atomic mass is 10.1.